The number of rotatable bonds is 31. The first-order valence-corrected chi connectivity index (χ1v) is 24.4. The van der Waals surface area contributed by atoms with Crippen molar-refractivity contribution in [2.24, 2.45) is 17.4 Å². The number of likely N-dealkylation sites (tertiary alicyclic amines) is 1. The van der Waals surface area contributed by atoms with Crippen LogP contribution in [0.2, 0.25) is 0 Å². The van der Waals surface area contributed by atoms with Gasteiger partial charge in [0.1, 0.15) is 24.4 Å². The van der Waals surface area contributed by atoms with Crippen LogP contribution in [-0.4, -0.2) is 85.3 Å². The van der Waals surface area contributed by atoms with Gasteiger partial charge in [-0.25, -0.2) is 0 Å². The molecule has 0 saturated carbocycles. The van der Waals surface area contributed by atoms with Crippen molar-refractivity contribution in [2.75, 3.05) is 39.8 Å². The van der Waals surface area contributed by atoms with Gasteiger partial charge in [-0.1, -0.05) is 140 Å². The van der Waals surface area contributed by atoms with Crippen LogP contribution < -0.4 is 26.8 Å². The molecular formula is C51H86N6O5. The Kier molecular flexibility index (Phi) is 30.2. The first-order chi connectivity index (χ1) is 30.1. The van der Waals surface area contributed by atoms with Gasteiger partial charge in [0, 0.05) is 33.1 Å². The number of carbonyl (C=O) groups excluding carboxylic acids is 4. The number of nitrogens with two attached hydrogens (primary N) is 2. The van der Waals surface area contributed by atoms with E-state index in [1.807, 2.05) is 73.3 Å². The minimum Gasteiger partial charge on any atom is -0.489 e. The summed E-state index contributed by atoms with van der Waals surface area (Å²) in [5, 5.41) is 6.03. The molecule has 1 fully saturated rings. The van der Waals surface area contributed by atoms with Gasteiger partial charge in [0.2, 0.25) is 23.6 Å². The van der Waals surface area contributed by atoms with Crippen molar-refractivity contribution in [3.05, 3.63) is 65.7 Å². The minimum atomic E-state index is -0.491. The number of nitrogens with one attached hydrogen (secondary N) is 2. The third-order valence-electron chi connectivity index (χ3n) is 11.7. The van der Waals surface area contributed by atoms with E-state index in [4.69, 9.17) is 16.2 Å². The fourth-order valence-corrected chi connectivity index (χ4v) is 7.95. The van der Waals surface area contributed by atoms with Crippen LogP contribution >= 0.6 is 0 Å². The summed E-state index contributed by atoms with van der Waals surface area (Å²) in [6.45, 7) is 10.2. The molecule has 1 heterocycles. The topological polar surface area (TPSA) is 160 Å². The monoisotopic (exact) mass is 863 g/mol. The van der Waals surface area contributed by atoms with Crippen molar-refractivity contribution < 1.29 is 23.9 Å². The van der Waals surface area contributed by atoms with Gasteiger partial charge in [-0.05, 0) is 93.6 Å². The SMILES string of the molecule is CC(C)C(C(=O)NCCCCCCN)N(C)C(=O)Cc1ccc(OCc2ccccc2)cc1.CCCCCCCCCCCCC(=O)N1CCCCC1C(=O)NCCCCCN. The van der Waals surface area contributed by atoms with Gasteiger partial charge in [-0.15, -0.1) is 0 Å². The predicted octanol–water partition coefficient (Wildman–Crippen LogP) is 8.85. The Labute approximate surface area is 376 Å². The van der Waals surface area contributed by atoms with E-state index < -0.39 is 6.04 Å². The molecule has 2 unspecified atom stereocenters. The smallest absolute Gasteiger partial charge is 0.243 e. The number of carbonyl (C=O) groups is 4. The number of amides is 4. The Morgan fingerprint density at radius 2 is 1.27 bits per heavy atom. The Hall–Kier alpha value is -3.96. The molecule has 2 atom stereocenters. The summed E-state index contributed by atoms with van der Waals surface area (Å²) < 4.78 is 5.81. The number of hydrogen-bond acceptors (Lipinski definition) is 7. The second-order valence-corrected chi connectivity index (χ2v) is 17.5. The Bertz CT molecular complexity index is 1470. The second kappa shape index (κ2) is 34.5. The van der Waals surface area contributed by atoms with Crippen LogP contribution in [0.25, 0.3) is 0 Å². The highest BCUT2D eigenvalue weighted by atomic mass is 16.5. The fraction of sp³-hybridized carbons (Fsp3) is 0.686. The molecule has 4 amide bonds. The van der Waals surface area contributed by atoms with Gasteiger partial charge < -0.3 is 36.6 Å². The Balaban J connectivity index is 0.000000431. The lowest BCUT2D eigenvalue weighted by atomic mass is 10.00. The van der Waals surface area contributed by atoms with Crippen molar-refractivity contribution in [1.29, 1.82) is 0 Å². The number of benzene rings is 2. The van der Waals surface area contributed by atoms with Gasteiger partial charge in [-0.2, -0.15) is 0 Å². The highest BCUT2D eigenvalue weighted by molar-refractivity contribution is 5.89. The molecule has 1 saturated heterocycles. The van der Waals surface area contributed by atoms with E-state index >= 15 is 0 Å². The highest BCUT2D eigenvalue weighted by Gasteiger charge is 2.32. The minimum absolute atomic E-state index is 0.0185. The largest absolute Gasteiger partial charge is 0.489 e. The molecule has 1 aliphatic rings. The maximum Gasteiger partial charge on any atom is 0.243 e. The zero-order valence-electron chi connectivity index (χ0n) is 39.3. The number of nitrogens with zero attached hydrogens (tertiary/aromatic N) is 2. The maximum absolute atomic E-state index is 12.9. The quantitative estimate of drug-likeness (QED) is 0.0551. The zero-order chi connectivity index (χ0) is 45.2. The lowest BCUT2D eigenvalue weighted by Crippen LogP contribution is -2.52. The summed E-state index contributed by atoms with van der Waals surface area (Å²) in [6.07, 6.45) is 23.5. The molecule has 6 N–H and O–H groups in total. The number of likely N-dealkylation sites (N-methyl/N-ethyl adjacent to an activating group) is 1. The van der Waals surface area contributed by atoms with E-state index in [-0.39, 0.29) is 42.0 Å². The van der Waals surface area contributed by atoms with Crippen LogP contribution in [0.4, 0.5) is 0 Å². The van der Waals surface area contributed by atoms with E-state index in [9.17, 15) is 19.2 Å². The van der Waals surface area contributed by atoms with E-state index in [2.05, 4.69) is 17.6 Å². The summed E-state index contributed by atoms with van der Waals surface area (Å²) in [4.78, 5) is 54.4. The number of hydrogen-bond donors (Lipinski definition) is 4. The van der Waals surface area contributed by atoms with Gasteiger partial charge in [-0.3, -0.25) is 19.2 Å². The van der Waals surface area contributed by atoms with Crippen LogP contribution in [0.3, 0.4) is 0 Å². The normalized spacial score (nSPS) is 14.1. The molecule has 0 spiro atoms. The van der Waals surface area contributed by atoms with Crippen molar-refractivity contribution in [1.82, 2.24) is 20.4 Å². The van der Waals surface area contributed by atoms with Crippen LogP contribution in [0.15, 0.2) is 54.6 Å². The summed E-state index contributed by atoms with van der Waals surface area (Å²) in [5.41, 5.74) is 13.0. The summed E-state index contributed by atoms with van der Waals surface area (Å²) in [6, 6.07) is 16.8. The highest BCUT2D eigenvalue weighted by Crippen LogP contribution is 2.21. The molecule has 0 aliphatic carbocycles. The molecular weight excluding hydrogens is 777 g/mol. The zero-order valence-corrected chi connectivity index (χ0v) is 39.3. The second-order valence-electron chi connectivity index (χ2n) is 17.5. The van der Waals surface area contributed by atoms with Crippen LogP contribution in [0.5, 0.6) is 5.75 Å². The van der Waals surface area contributed by atoms with Crippen LogP contribution in [0.1, 0.15) is 167 Å². The summed E-state index contributed by atoms with van der Waals surface area (Å²) in [7, 11) is 1.71. The van der Waals surface area contributed by atoms with Crippen molar-refractivity contribution in [3.63, 3.8) is 0 Å². The lowest BCUT2D eigenvalue weighted by molar-refractivity contribution is -0.142. The maximum atomic E-state index is 12.9. The average Bonchev–Trinajstić information content (AvgIpc) is 3.28. The first kappa shape index (κ1) is 54.2. The molecule has 0 aromatic heterocycles. The lowest BCUT2D eigenvalue weighted by Gasteiger charge is -2.35. The predicted molar refractivity (Wildman–Crippen MR) is 255 cm³/mol. The van der Waals surface area contributed by atoms with Gasteiger partial charge in [0.15, 0.2) is 0 Å². The Morgan fingerprint density at radius 1 is 0.710 bits per heavy atom. The van der Waals surface area contributed by atoms with Gasteiger partial charge >= 0.3 is 0 Å². The summed E-state index contributed by atoms with van der Waals surface area (Å²) in [5.74, 6) is 0.815. The van der Waals surface area contributed by atoms with Gasteiger partial charge in [0.05, 0.1) is 6.42 Å². The first-order valence-electron chi connectivity index (χ1n) is 24.4. The molecule has 1 aliphatic heterocycles. The third kappa shape index (κ3) is 23.5. The fourth-order valence-electron chi connectivity index (χ4n) is 7.95. The van der Waals surface area contributed by atoms with E-state index in [1.54, 1.807) is 11.9 Å². The van der Waals surface area contributed by atoms with Gasteiger partial charge in [0.25, 0.3) is 0 Å². The van der Waals surface area contributed by atoms with E-state index in [0.29, 0.717) is 39.2 Å². The van der Waals surface area contributed by atoms with Crippen LogP contribution in [-0.2, 0) is 32.2 Å². The molecule has 0 radical (unpaired) electrons. The molecule has 2 aromatic rings. The van der Waals surface area contributed by atoms with E-state index in [0.717, 1.165) is 100 Å². The van der Waals surface area contributed by atoms with Crippen LogP contribution in [0, 0.1) is 5.92 Å². The van der Waals surface area contributed by atoms with E-state index in [1.165, 1.54) is 51.4 Å². The molecule has 62 heavy (non-hydrogen) atoms. The molecule has 2 aromatic carbocycles. The number of unbranched alkanes of at least 4 members (excludes halogenated alkanes) is 14. The molecule has 350 valence electrons. The standard InChI is InChI=1S/C27H39N3O3.C24H47N3O2/c1-21(2)26(27(32)29-18-10-5-4-9-17-28)30(3)25(31)19-22-13-15-24(16-14-22)33-20-23-11-7-6-8-12-23;1-2-3-4-5-6-7-8-9-10-12-18-23(28)27-21-16-13-17-22(27)24(29)26-20-15-11-14-19-25/h6-8,11-16,21,26H,4-5,9-10,17-20,28H2,1-3H3,(H,29,32);22H,2-21,25H2,1H3,(H,26,29). The molecule has 0 bridgehead atoms. The number of piperidine rings is 1. The average molecular weight is 863 g/mol. The molecule has 11 nitrogen and oxygen atoms in total. The van der Waals surface area contributed by atoms with Crippen molar-refractivity contribution in [3.8, 4) is 5.75 Å². The molecule has 3 rings (SSSR count). The third-order valence-corrected chi connectivity index (χ3v) is 11.7. The summed E-state index contributed by atoms with van der Waals surface area (Å²) >= 11 is 0. The Morgan fingerprint density at radius 3 is 1.89 bits per heavy atom. The number of ether oxygens (including phenoxy) is 1. The van der Waals surface area contributed by atoms with Crippen molar-refractivity contribution >= 4 is 23.6 Å². The van der Waals surface area contributed by atoms with Crippen molar-refractivity contribution in [2.45, 2.75) is 181 Å². The molecule has 11 heteroatoms.